The number of imidazole rings is 1. The van der Waals surface area contributed by atoms with Crippen LogP contribution in [0.1, 0.15) is 12.6 Å². The van der Waals surface area contributed by atoms with Crippen LogP contribution in [0.5, 0.6) is 0 Å². The molecule has 0 spiro atoms. The summed E-state index contributed by atoms with van der Waals surface area (Å²) in [7, 11) is 0. The molecule has 1 aromatic carbocycles. The van der Waals surface area contributed by atoms with Gasteiger partial charge in [-0.1, -0.05) is 0 Å². The maximum Gasteiger partial charge on any atom is 0.435 e. The molecule has 0 bridgehead atoms. The van der Waals surface area contributed by atoms with E-state index >= 15 is 0 Å². The van der Waals surface area contributed by atoms with Crippen molar-refractivity contribution in [2.45, 2.75) is 26.2 Å². The van der Waals surface area contributed by atoms with Crippen LogP contribution in [-0.4, -0.2) is 25.2 Å². The fourth-order valence-electron chi connectivity index (χ4n) is 2.43. The summed E-state index contributed by atoms with van der Waals surface area (Å²) >= 11 is 0. The molecule has 25 heavy (non-hydrogen) atoms. The highest BCUT2D eigenvalue weighted by atomic mass is 19.4. The molecular weight excluding hydrogens is 342 g/mol. The maximum absolute atomic E-state index is 13.3. The third-order valence-electron chi connectivity index (χ3n) is 3.51. The van der Waals surface area contributed by atoms with Crippen molar-refractivity contribution < 1.29 is 22.4 Å². The lowest BCUT2D eigenvalue weighted by molar-refractivity contribution is -0.141. The largest absolute Gasteiger partial charge is 0.435 e. The van der Waals surface area contributed by atoms with Crippen molar-refractivity contribution in [2.24, 2.45) is 0 Å². The van der Waals surface area contributed by atoms with E-state index in [9.17, 15) is 22.4 Å². The summed E-state index contributed by atoms with van der Waals surface area (Å²) in [5.41, 5.74) is -0.0650. The third-order valence-corrected chi connectivity index (χ3v) is 3.51. The molecule has 0 unspecified atom stereocenters. The predicted molar refractivity (Wildman–Crippen MR) is 81.2 cm³/mol. The summed E-state index contributed by atoms with van der Waals surface area (Å²) in [6.07, 6.45) is -3.50. The average molecular weight is 355 g/mol. The fraction of sp³-hybridized carbons (Fsp3) is 0.267. The molecular formula is C15H13F4N5O. The lowest BCUT2D eigenvalue weighted by atomic mass is 10.3. The Kier molecular flexibility index (Phi) is 4.19. The van der Waals surface area contributed by atoms with Crippen LogP contribution in [0.3, 0.4) is 0 Å². The number of benzene rings is 1. The van der Waals surface area contributed by atoms with Gasteiger partial charge < -0.3 is 4.57 Å². The molecule has 6 nitrogen and oxygen atoms in total. The minimum atomic E-state index is -4.57. The Morgan fingerprint density at radius 1 is 1.28 bits per heavy atom. The van der Waals surface area contributed by atoms with Crippen molar-refractivity contribution in [1.29, 1.82) is 0 Å². The van der Waals surface area contributed by atoms with E-state index in [0.29, 0.717) is 17.6 Å². The number of aromatic nitrogens is 4. The van der Waals surface area contributed by atoms with Gasteiger partial charge >= 0.3 is 6.18 Å². The van der Waals surface area contributed by atoms with Gasteiger partial charge in [0.25, 0.3) is 0 Å². The van der Waals surface area contributed by atoms with Crippen molar-refractivity contribution >= 4 is 22.9 Å². The molecule has 2 aromatic heterocycles. The molecule has 0 radical (unpaired) electrons. The van der Waals surface area contributed by atoms with Gasteiger partial charge in [-0.3, -0.25) is 14.8 Å². The first-order chi connectivity index (χ1) is 11.8. The second-order valence-electron chi connectivity index (χ2n) is 5.26. The van der Waals surface area contributed by atoms with Gasteiger partial charge in [-0.15, -0.1) is 0 Å². The number of alkyl halides is 3. The summed E-state index contributed by atoms with van der Waals surface area (Å²) in [4.78, 5) is 16.2. The van der Waals surface area contributed by atoms with E-state index in [-0.39, 0.29) is 5.95 Å². The molecule has 0 fully saturated rings. The van der Waals surface area contributed by atoms with E-state index in [2.05, 4.69) is 15.4 Å². The topological polar surface area (TPSA) is 64.7 Å². The first-order valence-electron chi connectivity index (χ1n) is 7.34. The first-order valence-corrected chi connectivity index (χ1v) is 7.34. The third kappa shape index (κ3) is 3.47. The Labute approximate surface area is 139 Å². The Morgan fingerprint density at radius 2 is 2.04 bits per heavy atom. The zero-order valence-electron chi connectivity index (χ0n) is 13.0. The highest BCUT2D eigenvalue weighted by molar-refractivity contribution is 5.91. The minimum Gasteiger partial charge on any atom is -0.310 e. The predicted octanol–water partition coefficient (Wildman–Crippen LogP) is 3.05. The van der Waals surface area contributed by atoms with Crippen LogP contribution < -0.4 is 5.32 Å². The number of hydrogen-bond acceptors (Lipinski definition) is 3. The molecule has 132 valence electrons. The average Bonchev–Trinajstić information content (AvgIpc) is 3.10. The standard InChI is InChI=1S/C15H13F4N5O/c1-2-24-11-4-3-9(16)7-10(11)20-14(24)21-13(25)8-23-6-5-12(22-23)15(17,18)19/h3-7H,2,8H2,1H3,(H,20,21,25). The number of carbonyl (C=O) groups excluding carboxylic acids is 1. The van der Waals surface area contributed by atoms with E-state index in [4.69, 9.17) is 0 Å². The number of fused-ring (bicyclic) bond motifs is 1. The summed E-state index contributed by atoms with van der Waals surface area (Å²) in [5, 5.41) is 5.83. The van der Waals surface area contributed by atoms with Gasteiger partial charge in [0, 0.05) is 18.8 Å². The minimum absolute atomic E-state index is 0.191. The van der Waals surface area contributed by atoms with Crippen LogP contribution in [0.4, 0.5) is 23.5 Å². The van der Waals surface area contributed by atoms with E-state index in [1.807, 2.05) is 6.92 Å². The maximum atomic E-state index is 13.3. The number of nitrogens with zero attached hydrogens (tertiary/aromatic N) is 4. The van der Waals surface area contributed by atoms with Crippen LogP contribution >= 0.6 is 0 Å². The van der Waals surface area contributed by atoms with Crippen molar-refractivity contribution in [3.8, 4) is 0 Å². The molecule has 10 heteroatoms. The zero-order valence-corrected chi connectivity index (χ0v) is 13.0. The number of aryl methyl sites for hydroxylation is 1. The van der Waals surface area contributed by atoms with Gasteiger partial charge in [-0.25, -0.2) is 9.37 Å². The smallest absolute Gasteiger partial charge is 0.310 e. The number of halogens is 4. The summed E-state index contributed by atoms with van der Waals surface area (Å²) in [6.45, 7) is 1.89. The Bertz CT molecular complexity index is 928. The second kappa shape index (κ2) is 6.19. The van der Waals surface area contributed by atoms with Gasteiger partial charge in [-0.2, -0.15) is 18.3 Å². The number of hydrogen-bond donors (Lipinski definition) is 1. The first kappa shape index (κ1) is 16.9. The van der Waals surface area contributed by atoms with Crippen LogP contribution in [0.25, 0.3) is 11.0 Å². The SMILES string of the molecule is CCn1c(NC(=O)Cn2ccc(C(F)(F)F)n2)nc2cc(F)ccc21. The lowest BCUT2D eigenvalue weighted by Crippen LogP contribution is -2.21. The Balaban J connectivity index is 1.79. The van der Waals surface area contributed by atoms with Crippen LogP contribution in [0.15, 0.2) is 30.5 Å². The summed E-state index contributed by atoms with van der Waals surface area (Å²) in [6, 6.07) is 4.85. The van der Waals surface area contributed by atoms with Gasteiger partial charge in [-0.05, 0) is 25.1 Å². The van der Waals surface area contributed by atoms with Crippen molar-refractivity contribution in [1.82, 2.24) is 19.3 Å². The quantitative estimate of drug-likeness (QED) is 0.732. The number of nitrogens with one attached hydrogen (secondary N) is 1. The Hall–Kier alpha value is -2.91. The monoisotopic (exact) mass is 355 g/mol. The van der Waals surface area contributed by atoms with Gasteiger partial charge in [0.1, 0.15) is 12.4 Å². The van der Waals surface area contributed by atoms with Gasteiger partial charge in [0.2, 0.25) is 11.9 Å². The van der Waals surface area contributed by atoms with Crippen LogP contribution in [0.2, 0.25) is 0 Å². The highest BCUT2D eigenvalue weighted by Crippen LogP contribution is 2.27. The summed E-state index contributed by atoms with van der Waals surface area (Å²) in [5.74, 6) is -0.860. The van der Waals surface area contributed by atoms with Crippen molar-refractivity contribution in [2.75, 3.05) is 5.32 Å². The molecule has 0 aliphatic rings. The molecule has 0 aliphatic carbocycles. The number of anilines is 1. The molecule has 3 aromatic rings. The molecule has 1 amide bonds. The van der Waals surface area contributed by atoms with Crippen molar-refractivity contribution in [3.05, 3.63) is 42.0 Å². The van der Waals surface area contributed by atoms with E-state index in [1.54, 1.807) is 10.6 Å². The molecule has 0 saturated carbocycles. The molecule has 0 saturated heterocycles. The highest BCUT2D eigenvalue weighted by Gasteiger charge is 2.33. The fourth-order valence-corrected chi connectivity index (χ4v) is 2.43. The number of amides is 1. The molecule has 0 atom stereocenters. The summed E-state index contributed by atoms with van der Waals surface area (Å²) < 4.78 is 53.4. The van der Waals surface area contributed by atoms with Crippen LogP contribution in [-0.2, 0) is 24.1 Å². The molecule has 3 rings (SSSR count). The van der Waals surface area contributed by atoms with Gasteiger partial charge in [0.05, 0.1) is 11.0 Å². The van der Waals surface area contributed by atoms with Crippen LogP contribution in [0, 0.1) is 5.82 Å². The lowest BCUT2D eigenvalue weighted by Gasteiger charge is -2.08. The van der Waals surface area contributed by atoms with E-state index in [0.717, 1.165) is 16.9 Å². The Morgan fingerprint density at radius 3 is 2.68 bits per heavy atom. The van der Waals surface area contributed by atoms with E-state index < -0.39 is 30.1 Å². The zero-order chi connectivity index (χ0) is 18.2. The van der Waals surface area contributed by atoms with Gasteiger partial charge in [0.15, 0.2) is 5.69 Å². The molecule has 0 aliphatic heterocycles. The normalized spacial score (nSPS) is 11.9. The second-order valence-corrected chi connectivity index (χ2v) is 5.26. The molecule has 2 heterocycles. The number of rotatable bonds is 4. The van der Waals surface area contributed by atoms with E-state index in [1.165, 1.54) is 12.1 Å². The molecule has 1 N–H and O–H groups in total. The van der Waals surface area contributed by atoms with Crippen molar-refractivity contribution in [3.63, 3.8) is 0 Å². The number of carbonyl (C=O) groups is 1.